The number of ether oxygens (including phenoxy) is 3. The van der Waals surface area contributed by atoms with E-state index >= 15 is 0 Å². The third-order valence-corrected chi connectivity index (χ3v) is 2.68. The number of quaternary nitrogens is 1. The maximum absolute atomic E-state index is 9.76. The predicted octanol–water partition coefficient (Wildman–Crippen LogP) is -0.267. The highest BCUT2D eigenvalue weighted by molar-refractivity contribution is 4.53. The molecule has 1 atom stereocenters. The summed E-state index contributed by atoms with van der Waals surface area (Å²) in [5, 5.41) is 9.76. The lowest BCUT2D eigenvalue weighted by Crippen LogP contribution is -2.53. The second-order valence-electron chi connectivity index (χ2n) is 4.34. The summed E-state index contributed by atoms with van der Waals surface area (Å²) in [4.78, 5) is 0. The predicted molar refractivity (Wildman–Crippen MR) is 62.4 cm³/mol. The minimum Gasteiger partial charge on any atom is -0.385 e. The number of hydrogen-bond acceptors (Lipinski definition) is 4. The van der Waals surface area contributed by atoms with Crippen LogP contribution in [-0.4, -0.2) is 83.5 Å². The van der Waals surface area contributed by atoms with Crippen molar-refractivity contribution in [1.29, 1.82) is 0 Å². The zero-order chi connectivity index (χ0) is 12.4. The van der Waals surface area contributed by atoms with E-state index in [0.29, 0.717) is 26.4 Å². The van der Waals surface area contributed by atoms with Gasteiger partial charge in [0.1, 0.15) is 25.7 Å². The van der Waals surface area contributed by atoms with E-state index in [0.717, 1.165) is 17.6 Å². The lowest BCUT2D eigenvalue weighted by Gasteiger charge is -2.35. The van der Waals surface area contributed by atoms with Crippen LogP contribution in [0.25, 0.3) is 0 Å². The Morgan fingerprint density at radius 1 is 1.00 bits per heavy atom. The van der Waals surface area contributed by atoms with Crippen LogP contribution in [0.4, 0.5) is 0 Å². The number of hydrogen-bond donors (Lipinski definition) is 1. The topological polar surface area (TPSA) is 47.9 Å². The fourth-order valence-corrected chi connectivity index (χ4v) is 1.67. The van der Waals surface area contributed by atoms with Crippen LogP contribution < -0.4 is 0 Å². The van der Waals surface area contributed by atoms with Crippen molar-refractivity contribution in [1.82, 2.24) is 0 Å². The highest BCUT2D eigenvalue weighted by atomic mass is 16.5. The maximum Gasteiger partial charge on any atom is 0.126 e. The molecule has 5 heteroatoms. The van der Waals surface area contributed by atoms with Crippen LogP contribution in [0.1, 0.15) is 0 Å². The summed E-state index contributed by atoms with van der Waals surface area (Å²) in [6.45, 7) is 4.11. The van der Waals surface area contributed by atoms with Crippen LogP contribution in [-0.2, 0) is 14.2 Å². The summed E-state index contributed by atoms with van der Waals surface area (Å²) >= 11 is 0. The number of aliphatic hydroxyl groups is 1. The van der Waals surface area contributed by atoms with Gasteiger partial charge in [-0.15, -0.1) is 0 Å². The first-order valence-corrected chi connectivity index (χ1v) is 5.56. The fraction of sp³-hybridized carbons (Fsp3) is 1.00. The van der Waals surface area contributed by atoms with Crippen molar-refractivity contribution in [3.8, 4) is 0 Å². The molecule has 0 heterocycles. The van der Waals surface area contributed by atoms with Gasteiger partial charge in [-0.2, -0.15) is 0 Å². The van der Waals surface area contributed by atoms with Crippen molar-refractivity contribution in [2.45, 2.75) is 6.10 Å². The van der Waals surface area contributed by atoms with Crippen molar-refractivity contribution in [3.05, 3.63) is 0 Å². The SMILES string of the molecule is COCC[N+](C)(CCOC)CC(O)COC. The second-order valence-corrected chi connectivity index (χ2v) is 4.34. The van der Waals surface area contributed by atoms with Crippen LogP contribution in [0.5, 0.6) is 0 Å². The van der Waals surface area contributed by atoms with E-state index in [1.165, 1.54) is 0 Å². The molecular weight excluding hydrogens is 210 g/mol. The molecule has 0 aliphatic rings. The molecule has 5 nitrogen and oxygen atoms in total. The molecule has 0 rings (SSSR count). The van der Waals surface area contributed by atoms with Gasteiger partial charge in [0.15, 0.2) is 0 Å². The van der Waals surface area contributed by atoms with E-state index < -0.39 is 6.10 Å². The average molecular weight is 236 g/mol. The molecule has 16 heavy (non-hydrogen) atoms. The lowest BCUT2D eigenvalue weighted by molar-refractivity contribution is -0.913. The number of nitrogens with zero attached hydrogens (tertiary/aromatic N) is 1. The van der Waals surface area contributed by atoms with Crippen LogP contribution in [0.15, 0.2) is 0 Å². The number of methoxy groups -OCH3 is 3. The highest BCUT2D eigenvalue weighted by Crippen LogP contribution is 2.05. The minimum absolute atomic E-state index is 0.369. The Labute approximate surface area is 98.5 Å². The van der Waals surface area contributed by atoms with Gasteiger partial charge in [0.05, 0.1) is 26.9 Å². The Morgan fingerprint density at radius 2 is 1.50 bits per heavy atom. The first-order valence-electron chi connectivity index (χ1n) is 5.56. The van der Waals surface area contributed by atoms with E-state index in [9.17, 15) is 5.11 Å². The fourth-order valence-electron chi connectivity index (χ4n) is 1.67. The van der Waals surface area contributed by atoms with Crippen molar-refractivity contribution in [3.63, 3.8) is 0 Å². The van der Waals surface area contributed by atoms with Crippen LogP contribution in [0, 0.1) is 0 Å². The normalized spacial score (nSPS) is 14.1. The van der Waals surface area contributed by atoms with Crippen molar-refractivity contribution in [2.75, 3.05) is 67.8 Å². The monoisotopic (exact) mass is 236 g/mol. The van der Waals surface area contributed by atoms with E-state index in [4.69, 9.17) is 14.2 Å². The highest BCUT2D eigenvalue weighted by Gasteiger charge is 2.25. The van der Waals surface area contributed by atoms with Gasteiger partial charge < -0.3 is 23.8 Å². The third-order valence-electron chi connectivity index (χ3n) is 2.68. The Bertz CT molecular complexity index is 158. The first kappa shape index (κ1) is 15.8. The summed E-state index contributed by atoms with van der Waals surface area (Å²) in [5.41, 5.74) is 0. The Kier molecular flexibility index (Phi) is 8.78. The second kappa shape index (κ2) is 8.90. The third kappa shape index (κ3) is 7.14. The number of aliphatic hydroxyl groups excluding tert-OH is 1. The van der Waals surface area contributed by atoms with Gasteiger partial charge in [-0.3, -0.25) is 0 Å². The molecule has 1 unspecified atom stereocenters. The summed E-state index contributed by atoms with van der Waals surface area (Å²) in [6.07, 6.45) is -0.441. The number of rotatable bonds is 10. The molecule has 0 saturated carbocycles. The smallest absolute Gasteiger partial charge is 0.126 e. The standard InChI is InChI=1S/C11H26NO4/c1-12(5-7-14-2,6-8-15-3)9-11(13)10-16-4/h11,13H,5-10H2,1-4H3/q+1. The van der Waals surface area contributed by atoms with Gasteiger partial charge in [-0.25, -0.2) is 0 Å². The van der Waals surface area contributed by atoms with Gasteiger partial charge in [0, 0.05) is 21.3 Å². The molecule has 1 N–H and O–H groups in total. The van der Waals surface area contributed by atoms with Crippen molar-refractivity contribution >= 4 is 0 Å². The maximum atomic E-state index is 9.76. The molecule has 0 fully saturated rings. The lowest BCUT2D eigenvalue weighted by atomic mass is 10.3. The largest absolute Gasteiger partial charge is 0.385 e. The molecule has 0 radical (unpaired) electrons. The Balaban J connectivity index is 4.15. The number of likely N-dealkylation sites (N-methyl/N-ethyl adjacent to an activating group) is 1. The van der Waals surface area contributed by atoms with Crippen molar-refractivity contribution < 1.29 is 23.8 Å². The Morgan fingerprint density at radius 3 is 1.88 bits per heavy atom. The van der Waals surface area contributed by atoms with Crippen molar-refractivity contribution in [2.24, 2.45) is 0 Å². The van der Waals surface area contributed by atoms with Crippen LogP contribution >= 0.6 is 0 Å². The summed E-state index contributed by atoms with van der Waals surface area (Å²) in [6, 6.07) is 0. The molecule has 0 saturated heterocycles. The van der Waals surface area contributed by atoms with E-state index in [-0.39, 0.29) is 0 Å². The minimum atomic E-state index is -0.441. The molecule has 0 amide bonds. The quantitative estimate of drug-likeness (QED) is 0.531. The molecule has 0 aliphatic carbocycles. The molecular formula is C11H26NO4+. The van der Waals surface area contributed by atoms with Crippen LogP contribution in [0.3, 0.4) is 0 Å². The van der Waals surface area contributed by atoms with E-state index in [1.807, 2.05) is 0 Å². The van der Waals surface area contributed by atoms with E-state index in [2.05, 4.69) is 7.05 Å². The molecule has 0 aromatic heterocycles. The van der Waals surface area contributed by atoms with Gasteiger partial charge in [0.2, 0.25) is 0 Å². The van der Waals surface area contributed by atoms with Gasteiger partial charge in [-0.05, 0) is 0 Å². The summed E-state index contributed by atoms with van der Waals surface area (Å²) < 4.78 is 15.8. The first-order chi connectivity index (χ1) is 7.58. The molecule has 0 bridgehead atoms. The van der Waals surface area contributed by atoms with Crippen LogP contribution in [0.2, 0.25) is 0 Å². The zero-order valence-electron chi connectivity index (χ0n) is 10.9. The van der Waals surface area contributed by atoms with Gasteiger partial charge in [-0.1, -0.05) is 0 Å². The molecule has 0 aromatic rings. The molecule has 0 aliphatic heterocycles. The van der Waals surface area contributed by atoms with E-state index in [1.54, 1.807) is 21.3 Å². The van der Waals surface area contributed by atoms with Gasteiger partial charge in [0.25, 0.3) is 0 Å². The molecule has 0 spiro atoms. The Hall–Kier alpha value is -0.200. The zero-order valence-corrected chi connectivity index (χ0v) is 10.9. The van der Waals surface area contributed by atoms with Gasteiger partial charge >= 0.3 is 0 Å². The molecule has 0 aromatic carbocycles. The average Bonchev–Trinajstić information content (AvgIpc) is 2.24. The summed E-state index contributed by atoms with van der Waals surface area (Å²) in [5.74, 6) is 0. The molecule has 98 valence electrons. The summed E-state index contributed by atoms with van der Waals surface area (Å²) in [7, 11) is 7.06.